The van der Waals surface area contributed by atoms with Gasteiger partial charge in [-0.1, -0.05) is 18.2 Å². The first-order chi connectivity index (χ1) is 13.0. The lowest BCUT2D eigenvalue weighted by atomic mass is 10.1. The SMILES string of the molecule is CCOc1ccccc1C(=O)NC(Nc1cccc[nH+]1)(C(F)(F)F)C(F)(F)F. The number of carbonyl (C=O) groups is 1. The molecule has 5 nitrogen and oxygen atoms in total. The fourth-order valence-electron chi connectivity index (χ4n) is 2.32. The summed E-state index contributed by atoms with van der Waals surface area (Å²) >= 11 is 0. The molecule has 0 saturated carbocycles. The molecule has 0 saturated heterocycles. The fourth-order valence-corrected chi connectivity index (χ4v) is 2.32. The van der Waals surface area contributed by atoms with Crippen molar-refractivity contribution in [3.05, 3.63) is 54.2 Å². The number of pyridine rings is 1. The zero-order valence-corrected chi connectivity index (χ0v) is 14.4. The van der Waals surface area contributed by atoms with E-state index in [0.717, 1.165) is 23.6 Å². The van der Waals surface area contributed by atoms with E-state index in [1.165, 1.54) is 35.6 Å². The van der Waals surface area contributed by atoms with E-state index >= 15 is 0 Å². The monoisotopic (exact) mass is 408 g/mol. The van der Waals surface area contributed by atoms with Gasteiger partial charge in [-0.2, -0.15) is 26.3 Å². The number of halogens is 6. The Morgan fingerprint density at radius 1 is 1.00 bits per heavy atom. The molecule has 152 valence electrons. The molecule has 1 amide bonds. The second-order valence-electron chi connectivity index (χ2n) is 5.53. The molecule has 11 heteroatoms. The van der Waals surface area contributed by atoms with E-state index in [2.05, 4.69) is 4.98 Å². The normalized spacial score (nSPS) is 12.4. The molecule has 2 aromatic rings. The molecule has 0 spiro atoms. The number of carbonyl (C=O) groups excluding carboxylic acids is 1. The lowest BCUT2D eigenvalue weighted by Crippen LogP contribution is -2.72. The van der Waals surface area contributed by atoms with Crippen molar-refractivity contribution in [3.8, 4) is 5.75 Å². The van der Waals surface area contributed by atoms with Crippen molar-refractivity contribution in [2.75, 3.05) is 11.9 Å². The molecule has 1 aromatic heterocycles. The summed E-state index contributed by atoms with van der Waals surface area (Å²) in [6.45, 7) is 1.61. The number of H-pyrrole nitrogens is 1. The Morgan fingerprint density at radius 3 is 2.14 bits per heavy atom. The summed E-state index contributed by atoms with van der Waals surface area (Å²) in [5, 5.41) is 2.42. The number of hydrogen-bond donors (Lipinski definition) is 2. The number of alkyl halides is 6. The standard InChI is InChI=1S/C17H15F6N3O2/c1-2-28-12-8-4-3-7-11(12)14(27)26-15(16(18,19)20,17(21,22)23)25-13-9-5-6-10-24-13/h3-10H,2H2,1H3,(H,24,25)(H,26,27)/p+1. The van der Waals surface area contributed by atoms with Crippen molar-refractivity contribution in [2.24, 2.45) is 0 Å². The molecule has 0 aliphatic rings. The molecule has 0 aliphatic heterocycles. The predicted molar refractivity (Wildman–Crippen MR) is 86.5 cm³/mol. The molecule has 0 fully saturated rings. The summed E-state index contributed by atoms with van der Waals surface area (Å²) in [7, 11) is 0. The average Bonchev–Trinajstić information content (AvgIpc) is 2.60. The van der Waals surface area contributed by atoms with Crippen LogP contribution >= 0.6 is 0 Å². The molecular weight excluding hydrogens is 392 g/mol. The van der Waals surface area contributed by atoms with Crippen LogP contribution in [0.4, 0.5) is 32.2 Å². The summed E-state index contributed by atoms with van der Waals surface area (Å²) < 4.78 is 86.9. The first-order valence-electron chi connectivity index (χ1n) is 7.94. The Kier molecular flexibility index (Phi) is 6.05. The van der Waals surface area contributed by atoms with Crippen LogP contribution < -0.4 is 20.4 Å². The second-order valence-corrected chi connectivity index (χ2v) is 5.53. The van der Waals surface area contributed by atoms with Crippen molar-refractivity contribution < 1.29 is 40.9 Å². The summed E-state index contributed by atoms with van der Waals surface area (Å²) in [6, 6.07) is 8.60. The quantitative estimate of drug-likeness (QED) is 0.568. The molecule has 0 atom stereocenters. The van der Waals surface area contributed by atoms with E-state index in [1.807, 2.05) is 0 Å². The third-order valence-corrected chi connectivity index (χ3v) is 3.61. The van der Waals surface area contributed by atoms with Gasteiger partial charge in [0.2, 0.25) is 0 Å². The lowest BCUT2D eigenvalue weighted by Gasteiger charge is -2.34. The van der Waals surface area contributed by atoms with Crippen LogP contribution in [-0.4, -0.2) is 30.5 Å². The topological polar surface area (TPSA) is 64.5 Å². The van der Waals surface area contributed by atoms with Gasteiger partial charge < -0.3 is 4.74 Å². The number of hydrogen-bond acceptors (Lipinski definition) is 3. The number of aromatic amines is 1. The number of para-hydroxylation sites is 1. The van der Waals surface area contributed by atoms with Crippen molar-refractivity contribution in [3.63, 3.8) is 0 Å². The summed E-state index contributed by atoms with van der Waals surface area (Å²) in [5.74, 6) is -2.36. The maximum Gasteiger partial charge on any atom is 0.462 e. The molecule has 0 unspecified atom stereocenters. The second kappa shape index (κ2) is 7.95. The number of benzene rings is 1. The minimum absolute atomic E-state index is 0.0607. The number of ether oxygens (including phenoxy) is 1. The number of aromatic nitrogens is 1. The minimum Gasteiger partial charge on any atom is -0.493 e. The van der Waals surface area contributed by atoms with Crippen molar-refractivity contribution in [1.29, 1.82) is 0 Å². The number of anilines is 1. The van der Waals surface area contributed by atoms with Gasteiger partial charge >= 0.3 is 18.0 Å². The van der Waals surface area contributed by atoms with Crippen LogP contribution in [0, 0.1) is 0 Å². The van der Waals surface area contributed by atoms with Crippen LogP contribution in [0.15, 0.2) is 48.7 Å². The molecule has 3 N–H and O–H groups in total. The van der Waals surface area contributed by atoms with E-state index in [0.29, 0.717) is 0 Å². The molecule has 0 radical (unpaired) electrons. The summed E-state index contributed by atoms with van der Waals surface area (Å²) in [4.78, 5) is 14.6. The van der Waals surface area contributed by atoms with E-state index in [1.54, 1.807) is 6.92 Å². The van der Waals surface area contributed by atoms with Gasteiger partial charge in [-0.25, -0.2) is 10.3 Å². The van der Waals surface area contributed by atoms with Gasteiger partial charge in [0.25, 0.3) is 11.7 Å². The fraction of sp³-hybridized carbons (Fsp3) is 0.294. The highest BCUT2D eigenvalue weighted by Crippen LogP contribution is 2.43. The number of rotatable bonds is 6. The van der Waals surface area contributed by atoms with E-state index in [9.17, 15) is 31.1 Å². The molecule has 2 rings (SSSR count). The Balaban J connectivity index is 2.52. The third-order valence-electron chi connectivity index (χ3n) is 3.61. The summed E-state index contributed by atoms with van der Waals surface area (Å²) in [6.07, 6.45) is -10.7. The summed E-state index contributed by atoms with van der Waals surface area (Å²) in [5.41, 5.74) is -5.21. The van der Waals surface area contributed by atoms with Gasteiger partial charge in [0, 0.05) is 6.07 Å². The van der Waals surface area contributed by atoms with Gasteiger partial charge in [-0.15, -0.1) is 0 Å². The molecule has 28 heavy (non-hydrogen) atoms. The molecule has 1 aromatic carbocycles. The van der Waals surface area contributed by atoms with Crippen LogP contribution in [0.2, 0.25) is 0 Å². The smallest absolute Gasteiger partial charge is 0.462 e. The minimum atomic E-state index is -5.93. The number of amides is 1. The van der Waals surface area contributed by atoms with E-state index in [4.69, 9.17) is 4.74 Å². The highest BCUT2D eigenvalue weighted by atomic mass is 19.4. The largest absolute Gasteiger partial charge is 0.493 e. The molecular formula is C17H16F6N3O2+. The Bertz CT molecular complexity index is 795. The molecule has 1 heterocycles. The maximum atomic E-state index is 13.6. The van der Waals surface area contributed by atoms with Crippen LogP contribution in [0.1, 0.15) is 17.3 Å². The zero-order valence-electron chi connectivity index (χ0n) is 14.4. The highest BCUT2D eigenvalue weighted by molar-refractivity contribution is 5.97. The molecule has 0 aliphatic carbocycles. The Hall–Kier alpha value is -2.98. The van der Waals surface area contributed by atoms with Crippen molar-refractivity contribution in [2.45, 2.75) is 24.9 Å². The van der Waals surface area contributed by atoms with Crippen LogP contribution in [0.5, 0.6) is 5.75 Å². The first kappa shape index (κ1) is 21.3. The first-order valence-corrected chi connectivity index (χ1v) is 7.94. The van der Waals surface area contributed by atoms with Gasteiger partial charge in [0.15, 0.2) is 0 Å². The van der Waals surface area contributed by atoms with Gasteiger partial charge in [0.05, 0.1) is 18.4 Å². The zero-order chi connectivity index (χ0) is 21.0. The van der Waals surface area contributed by atoms with Crippen LogP contribution in [0.25, 0.3) is 0 Å². The Morgan fingerprint density at radius 2 is 1.61 bits per heavy atom. The van der Waals surface area contributed by atoms with Gasteiger partial charge in [-0.05, 0) is 25.1 Å². The van der Waals surface area contributed by atoms with Crippen molar-refractivity contribution in [1.82, 2.24) is 5.32 Å². The number of nitrogens with one attached hydrogen (secondary N) is 3. The Labute approximate surface area is 155 Å². The predicted octanol–water partition coefficient (Wildman–Crippen LogP) is 3.56. The van der Waals surface area contributed by atoms with Gasteiger partial charge in [0.1, 0.15) is 5.75 Å². The average molecular weight is 408 g/mol. The highest BCUT2D eigenvalue weighted by Gasteiger charge is 2.76. The molecule has 0 bridgehead atoms. The lowest BCUT2D eigenvalue weighted by molar-refractivity contribution is -0.367. The van der Waals surface area contributed by atoms with E-state index in [-0.39, 0.29) is 12.4 Å². The maximum absolute atomic E-state index is 13.6. The van der Waals surface area contributed by atoms with Crippen molar-refractivity contribution >= 4 is 11.7 Å². The van der Waals surface area contributed by atoms with Gasteiger partial charge in [-0.3, -0.25) is 10.1 Å². The van der Waals surface area contributed by atoms with E-state index < -0.39 is 35.3 Å². The third kappa shape index (κ3) is 4.29. The van der Waals surface area contributed by atoms with Crippen LogP contribution in [-0.2, 0) is 0 Å². The van der Waals surface area contributed by atoms with Crippen LogP contribution in [0.3, 0.4) is 0 Å².